The van der Waals surface area contributed by atoms with Crippen LogP contribution in [0.5, 0.6) is 0 Å². The smallest absolute Gasteiger partial charge is 0.246 e. The summed E-state index contributed by atoms with van der Waals surface area (Å²) in [5.41, 5.74) is -0.686. The van der Waals surface area contributed by atoms with E-state index in [-0.39, 0.29) is 23.8 Å². The maximum Gasteiger partial charge on any atom is 0.246 e. The quantitative estimate of drug-likeness (QED) is 0.730. The molecule has 116 valence electrons. The Kier molecular flexibility index (Phi) is 6.03. The Bertz CT molecular complexity index is 354. The van der Waals surface area contributed by atoms with Crippen LogP contribution in [0.4, 0.5) is 0 Å². The fourth-order valence-corrected chi connectivity index (χ4v) is 2.75. The van der Waals surface area contributed by atoms with Crippen molar-refractivity contribution < 1.29 is 9.59 Å². The summed E-state index contributed by atoms with van der Waals surface area (Å²) in [5, 5.41) is 2.91. The molecule has 0 aromatic rings. The summed E-state index contributed by atoms with van der Waals surface area (Å²) in [6.07, 6.45) is 5.11. The maximum absolute atomic E-state index is 12.7. The van der Waals surface area contributed by atoms with E-state index in [2.05, 4.69) is 12.2 Å². The van der Waals surface area contributed by atoms with Gasteiger partial charge in [0.15, 0.2) is 0 Å². The van der Waals surface area contributed by atoms with Gasteiger partial charge in [0, 0.05) is 6.54 Å². The van der Waals surface area contributed by atoms with Crippen LogP contribution < -0.4 is 5.32 Å². The lowest BCUT2D eigenvalue weighted by Crippen LogP contribution is -2.70. The molecule has 0 spiro atoms. The van der Waals surface area contributed by atoms with E-state index in [9.17, 15) is 9.59 Å². The summed E-state index contributed by atoms with van der Waals surface area (Å²) >= 11 is 0. The molecular formula is C16H30N2O2. The zero-order chi connectivity index (χ0) is 15.3. The Morgan fingerprint density at radius 1 is 1.20 bits per heavy atom. The Labute approximate surface area is 123 Å². The zero-order valence-corrected chi connectivity index (χ0v) is 13.7. The molecule has 0 saturated carbocycles. The predicted molar refractivity (Wildman–Crippen MR) is 81.3 cm³/mol. The number of amides is 2. The van der Waals surface area contributed by atoms with Gasteiger partial charge in [-0.1, -0.05) is 47.0 Å². The molecule has 2 amide bonds. The molecule has 1 saturated heterocycles. The second-order valence-corrected chi connectivity index (χ2v) is 6.37. The molecule has 0 aromatic carbocycles. The van der Waals surface area contributed by atoms with Crippen LogP contribution in [0.3, 0.4) is 0 Å². The van der Waals surface area contributed by atoms with Crippen molar-refractivity contribution in [2.75, 3.05) is 6.54 Å². The first-order chi connectivity index (χ1) is 9.38. The van der Waals surface area contributed by atoms with Gasteiger partial charge in [-0.15, -0.1) is 0 Å². The average Bonchev–Trinajstić information content (AvgIpc) is 2.41. The molecule has 20 heavy (non-hydrogen) atoms. The highest BCUT2D eigenvalue weighted by Gasteiger charge is 2.48. The highest BCUT2D eigenvalue weighted by Crippen LogP contribution is 2.27. The Hall–Kier alpha value is -1.06. The van der Waals surface area contributed by atoms with E-state index < -0.39 is 5.54 Å². The highest BCUT2D eigenvalue weighted by molar-refractivity contribution is 5.99. The van der Waals surface area contributed by atoms with Gasteiger partial charge in [-0.2, -0.15) is 0 Å². The van der Waals surface area contributed by atoms with Gasteiger partial charge in [0.05, 0.1) is 0 Å². The number of piperazine rings is 1. The largest absolute Gasteiger partial charge is 0.342 e. The standard InChI is InChI=1S/C16H30N2O2/c1-6-8-9-10-11-18-14(19)13(12(3)4)17-15(20)16(18,5)7-2/h12-13H,6-11H2,1-5H3,(H,17,20). The van der Waals surface area contributed by atoms with Crippen LogP contribution in [0.25, 0.3) is 0 Å². The lowest BCUT2D eigenvalue weighted by atomic mass is 9.87. The van der Waals surface area contributed by atoms with Crippen LogP contribution in [0.15, 0.2) is 0 Å². The van der Waals surface area contributed by atoms with Gasteiger partial charge in [-0.3, -0.25) is 9.59 Å². The fourth-order valence-electron chi connectivity index (χ4n) is 2.75. The molecular weight excluding hydrogens is 252 g/mol. The fraction of sp³-hybridized carbons (Fsp3) is 0.875. The zero-order valence-electron chi connectivity index (χ0n) is 13.7. The number of carbonyl (C=O) groups is 2. The molecule has 0 aromatic heterocycles. The molecule has 1 heterocycles. The number of carbonyl (C=O) groups excluding carboxylic acids is 2. The van der Waals surface area contributed by atoms with Crippen molar-refractivity contribution in [1.82, 2.24) is 10.2 Å². The maximum atomic E-state index is 12.7. The van der Waals surface area contributed by atoms with Crippen molar-refractivity contribution in [3.8, 4) is 0 Å². The van der Waals surface area contributed by atoms with E-state index in [1.165, 1.54) is 12.8 Å². The van der Waals surface area contributed by atoms with E-state index in [1.54, 1.807) is 0 Å². The SMILES string of the molecule is CCCCCCN1C(=O)C(C(C)C)NC(=O)C1(C)CC. The Morgan fingerprint density at radius 3 is 2.35 bits per heavy atom. The molecule has 4 nitrogen and oxygen atoms in total. The van der Waals surface area contributed by atoms with E-state index in [4.69, 9.17) is 0 Å². The van der Waals surface area contributed by atoms with E-state index in [1.807, 2.05) is 32.6 Å². The number of rotatable bonds is 7. The van der Waals surface area contributed by atoms with Crippen molar-refractivity contribution >= 4 is 11.8 Å². The van der Waals surface area contributed by atoms with Crippen LogP contribution in [0.1, 0.15) is 66.7 Å². The van der Waals surface area contributed by atoms with E-state index >= 15 is 0 Å². The molecule has 1 rings (SSSR count). The van der Waals surface area contributed by atoms with Gasteiger partial charge < -0.3 is 10.2 Å². The molecule has 4 heteroatoms. The van der Waals surface area contributed by atoms with Crippen molar-refractivity contribution in [2.24, 2.45) is 5.92 Å². The second-order valence-electron chi connectivity index (χ2n) is 6.37. The molecule has 1 aliphatic heterocycles. The van der Waals surface area contributed by atoms with Crippen LogP contribution in [-0.4, -0.2) is 34.8 Å². The third kappa shape index (κ3) is 3.33. The van der Waals surface area contributed by atoms with Gasteiger partial charge >= 0.3 is 0 Å². The summed E-state index contributed by atoms with van der Waals surface area (Å²) in [7, 11) is 0. The lowest BCUT2D eigenvalue weighted by Gasteiger charge is -2.47. The summed E-state index contributed by atoms with van der Waals surface area (Å²) in [5.74, 6) is 0.209. The first-order valence-corrected chi connectivity index (χ1v) is 8.00. The molecule has 0 bridgehead atoms. The minimum Gasteiger partial charge on any atom is -0.342 e. The summed E-state index contributed by atoms with van der Waals surface area (Å²) in [6, 6.07) is -0.367. The first-order valence-electron chi connectivity index (χ1n) is 8.00. The van der Waals surface area contributed by atoms with E-state index in [0.29, 0.717) is 13.0 Å². The second kappa shape index (κ2) is 7.09. The minimum atomic E-state index is -0.686. The van der Waals surface area contributed by atoms with Gasteiger partial charge in [0.1, 0.15) is 11.6 Å². The van der Waals surface area contributed by atoms with Gasteiger partial charge in [0.2, 0.25) is 11.8 Å². The van der Waals surface area contributed by atoms with E-state index in [0.717, 1.165) is 12.8 Å². The van der Waals surface area contributed by atoms with Gasteiger partial charge in [-0.25, -0.2) is 0 Å². The predicted octanol–water partition coefficient (Wildman–Crippen LogP) is 2.72. The molecule has 1 aliphatic rings. The number of hydrogen-bond donors (Lipinski definition) is 1. The topological polar surface area (TPSA) is 49.4 Å². The number of unbranched alkanes of at least 4 members (excludes halogenated alkanes) is 3. The van der Waals surface area contributed by atoms with Crippen LogP contribution in [0, 0.1) is 5.92 Å². The average molecular weight is 282 g/mol. The highest BCUT2D eigenvalue weighted by atomic mass is 16.2. The summed E-state index contributed by atoms with van der Waals surface area (Å²) < 4.78 is 0. The Morgan fingerprint density at radius 2 is 1.85 bits per heavy atom. The monoisotopic (exact) mass is 282 g/mol. The van der Waals surface area contributed by atoms with Crippen molar-refractivity contribution in [2.45, 2.75) is 78.3 Å². The van der Waals surface area contributed by atoms with Crippen LogP contribution in [-0.2, 0) is 9.59 Å². The summed E-state index contributed by atoms with van der Waals surface area (Å²) in [4.78, 5) is 26.9. The van der Waals surface area contributed by atoms with Crippen molar-refractivity contribution in [1.29, 1.82) is 0 Å². The molecule has 0 radical (unpaired) electrons. The number of nitrogens with zero attached hydrogens (tertiary/aromatic N) is 1. The third-order valence-electron chi connectivity index (χ3n) is 4.49. The minimum absolute atomic E-state index is 0.00575. The molecule has 2 unspecified atom stereocenters. The lowest BCUT2D eigenvalue weighted by molar-refractivity contribution is -0.158. The number of hydrogen-bond acceptors (Lipinski definition) is 2. The molecule has 1 fully saturated rings. The van der Waals surface area contributed by atoms with Crippen molar-refractivity contribution in [3.05, 3.63) is 0 Å². The first kappa shape index (κ1) is 17.0. The summed E-state index contributed by atoms with van der Waals surface area (Å²) in [6.45, 7) is 10.7. The van der Waals surface area contributed by atoms with Crippen molar-refractivity contribution in [3.63, 3.8) is 0 Å². The molecule has 1 N–H and O–H groups in total. The van der Waals surface area contributed by atoms with Crippen LogP contribution in [0.2, 0.25) is 0 Å². The van der Waals surface area contributed by atoms with Gasteiger partial charge in [-0.05, 0) is 25.7 Å². The molecule has 2 atom stereocenters. The van der Waals surface area contributed by atoms with Gasteiger partial charge in [0.25, 0.3) is 0 Å². The molecule has 0 aliphatic carbocycles. The number of nitrogens with one attached hydrogen (secondary N) is 1. The normalized spacial score (nSPS) is 27.1. The Balaban J connectivity index is 2.85. The van der Waals surface area contributed by atoms with Crippen LogP contribution >= 0.6 is 0 Å². The third-order valence-corrected chi connectivity index (χ3v) is 4.49.